The molecule has 4 nitrogen and oxygen atoms in total. The Balaban J connectivity index is 2.72. The average molecular weight is 239 g/mol. The Hall–Kier alpha value is -1.32. The van der Waals surface area contributed by atoms with Crippen LogP contribution in [0, 0.1) is 5.92 Å². The first-order chi connectivity index (χ1) is 8.04. The molecule has 0 aromatic carbocycles. The second kappa shape index (κ2) is 5.84. The van der Waals surface area contributed by atoms with Crippen molar-refractivity contribution in [2.24, 2.45) is 5.92 Å². The molecule has 1 rings (SSSR count). The lowest BCUT2D eigenvalue weighted by molar-refractivity contribution is -0.149. The van der Waals surface area contributed by atoms with Crippen LogP contribution >= 0.6 is 0 Å². The first-order valence-corrected chi connectivity index (χ1v) is 6.22. The van der Waals surface area contributed by atoms with E-state index < -0.39 is 11.5 Å². The van der Waals surface area contributed by atoms with Gasteiger partial charge in [0, 0.05) is 0 Å². The van der Waals surface area contributed by atoms with Gasteiger partial charge in [-0.15, -0.1) is 0 Å². The molecule has 0 aliphatic heterocycles. The van der Waals surface area contributed by atoms with Gasteiger partial charge in [0.1, 0.15) is 5.54 Å². The minimum absolute atomic E-state index is 0.315. The van der Waals surface area contributed by atoms with E-state index in [-0.39, 0.29) is 5.91 Å². The monoisotopic (exact) mass is 239 g/mol. The number of carboxylic acid groups (broad SMARTS) is 1. The van der Waals surface area contributed by atoms with E-state index in [9.17, 15) is 14.7 Å². The summed E-state index contributed by atoms with van der Waals surface area (Å²) in [5.74, 6) is -0.629. The van der Waals surface area contributed by atoms with Gasteiger partial charge in [-0.3, -0.25) is 4.79 Å². The quantitative estimate of drug-likeness (QED) is 0.738. The number of carbonyl (C=O) groups is 2. The SMILES string of the molecule is C/C=C/C(=O)NC1(C(=O)O)CCC(CC)CC1. The van der Waals surface area contributed by atoms with Crippen molar-refractivity contribution in [1.29, 1.82) is 0 Å². The van der Waals surface area contributed by atoms with Gasteiger partial charge in [-0.1, -0.05) is 19.4 Å². The van der Waals surface area contributed by atoms with Crippen LogP contribution in [-0.4, -0.2) is 22.5 Å². The molecule has 0 aromatic heterocycles. The summed E-state index contributed by atoms with van der Waals surface area (Å²) in [5, 5.41) is 12.0. The lowest BCUT2D eigenvalue weighted by atomic mass is 9.75. The maximum atomic E-state index is 11.5. The zero-order valence-corrected chi connectivity index (χ0v) is 10.5. The molecule has 0 radical (unpaired) electrons. The maximum Gasteiger partial charge on any atom is 0.329 e. The van der Waals surface area contributed by atoms with E-state index in [4.69, 9.17) is 0 Å². The summed E-state index contributed by atoms with van der Waals surface area (Å²) in [6.07, 6.45) is 6.88. The summed E-state index contributed by atoms with van der Waals surface area (Å²) in [4.78, 5) is 22.9. The van der Waals surface area contributed by atoms with Gasteiger partial charge >= 0.3 is 5.97 Å². The van der Waals surface area contributed by atoms with E-state index in [0.29, 0.717) is 18.8 Å². The zero-order valence-electron chi connectivity index (χ0n) is 10.5. The number of hydrogen-bond donors (Lipinski definition) is 2. The first kappa shape index (κ1) is 13.7. The van der Waals surface area contributed by atoms with E-state index in [1.165, 1.54) is 6.08 Å². The van der Waals surface area contributed by atoms with Gasteiger partial charge in [0.25, 0.3) is 0 Å². The summed E-state index contributed by atoms with van der Waals surface area (Å²) in [6, 6.07) is 0. The molecule has 0 heterocycles. The van der Waals surface area contributed by atoms with Crippen molar-refractivity contribution in [3.63, 3.8) is 0 Å². The molecule has 1 aliphatic rings. The second-order valence-corrected chi connectivity index (χ2v) is 4.73. The highest BCUT2D eigenvalue weighted by Gasteiger charge is 2.42. The standard InChI is InChI=1S/C13H21NO3/c1-3-5-11(15)14-13(12(16)17)8-6-10(4-2)7-9-13/h3,5,10H,4,6-9H2,1-2H3,(H,14,15)(H,16,17)/b5-3+. The Kier molecular flexibility index (Phi) is 4.73. The van der Waals surface area contributed by atoms with Gasteiger partial charge < -0.3 is 10.4 Å². The molecule has 0 bridgehead atoms. The molecule has 0 saturated heterocycles. The third-order valence-corrected chi connectivity index (χ3v) is 3.63. The van der Waals surface area contributed by atoms with E-state index in [2.05, 4.69) is 12.2 Å². The molecule has 0 aromatic rings. The molecule has 0 unspecified atom stereocenters. The molecule has 1 aliphatic carbocycles. The Morgan fingerprint density at radius 1 is 1.41 bits per heavy atom. The lowest BCUT2D eigenvalue weighted by Crippen LogP contribution is -2.56. The molecule has 0 atom stereocenters. The minimum atomic E-state index is -1.05. The number of hydrogen-bond acceptors (Lipinski definition) is 2. The third-order valence-electron chi connectivity index (χ3n) is 3.63. The summed E-state index contributed by atoms with van der Waals surface area (Å²) >= 11 is 0. The fourth-order valence-electron chi connectivity index (χ4n) is 2.40. The largest absolute Gasteiger partial charge is 0.480 e. The van der Waals surface area contributed by atoms with Crippen LogP contribution < -0.4 is 5.32 Å². The maximum absolute atomic E-state index is 11.5. The first-order valence-electron chi connectivity index (χ1n) is 6.22. The highest BCUT2D eigenvalue weighted by atomic mass is 16.4. The third kappa shape index (κ3) is 3.32. The van der Waals surface area contributed by atoms with Crippen LogP contribution in [0.2, 0.25) is 0 Å². The lowest BCUT2D eigenvalue weighted by Gasteiger charge is -2.36. The van der Waals surface area contributed by atoms with Crippen molar-refractivity contribution < 1.29 is 14.7 Å². The molecule has 17 heavy (non-hydrogen) atoms. The van der Waals surface area contributed by atoms with Crippen LogP contribution in [0.1, 0.15) is 46.0 Å². The number of carbonyl (C=O) groups excluding carboxylic acids is 1. The van der Waals surface area contributed by atoms with Gasteiger partial charge in [-0.05, 0) is 44.6 Å². The van der Waals surface area contributed by atoms with Crippen molar-refractivity contribution in [3.8, 4) is 0 Å². The van der Waals surface area contributed by atoms with E-state index in [1.807, 2.05) is 0 Å². The van der Waals surface area contributed by atoms with Crippen molar-refractivity contribution in [1.82, 2.24) is 5.32 Å². The second-order valence-electron chi connectivity index (χ2n) is 4.73. The molecule has 1 amide bonds. The zero-order chi connectivity index (χ0) is 12.9. The fraction of sp³-hybridized carbons (Fsp3) is 0.692. The summed E-state index contributed by atoms with van der Waals surface area (Å²) in [7, 11) is 0. The van der Waals surface area contributed by atoms with Crippen molar-refractivity contribution in [2.75, 3.05) is 0 Å². The number of rotatable bonds is 4. The smallest absolute Gasteiger partial charge is 0.329 e. The highest BCUT2D eigenvalue weighted by molar-refractivity contribution is 5.93. The van der Waals surface area contributed by atoms with Gasteiger partial charge in [0.05, 0.1) is 0 Å². The predicted molar refractivity (Wildman–Crippen MR) is 65.6 cm³/mol. The number of nitrogens with one attached hydrogen (secondary N) is 1. The van der Waals surface area contributed by atoms with Crippen LogP contribution in [0.4, 0.5) is 0 Å². The molecular formula is C13H21NO3. The Labute approximate surface area is 102 Å². The van der Waals surface area contributed by atoms with Crippen LogP contribution in [0.25, 0.3) is 0 Å². The van der Waals surface area contributed by atoms with Crippen molar-refractivity contribution >= 4 is 11.9 Å². The van der Waals surface area contributed by atoms with Gasteiger partial charge in [0.2, 0.25) is 5.91 Å². The highest BCUT2D eigenvalue weighted by Crippen LogP contribution is 2.33. The summed E-state index contributed by atoms with van der Waals surface area (Å²) in [5.41, 5.74) is -1.05. The summed E-state index contributed by atoms with van der Waals surface area (Å²) in [6.45, 7) is 3.86. The molecule has 2 N–H and O–H groups in total. The Morgan fingerprint density at radius 2 is 2.00 bits per heavy atom. The van der Waals surface area contributed by atoms with Crippen LogP contribution in [0.15, 0.2) is 12.2 Å². The molecule has 1 saturated carbocycles. The minimum Gasteiger partial charge on any atom is -0.480 e. The van der Waals surface area contributed by atoms with E-state index >= 15 is 0 Å². The van der Waals surface area contributed by atoms with Crippen molar-refractivity contribution in [3.05, 3.63) is 12.2 Å². The number of amides is 1. The number of allylic oxidation sites excluding steroid dienone is 1. The normalized spacial score (nSPS) is 29.2. The Bertz CT molecular complexity index is 315. The van der Waals surface area contributed by atoms with Crippen LogP contribution in [-0.2, 0) is 9.59 Å². The van der Waals surface area contributed by atoms with E-state index in [1.54, 1.807) is 13.0 Å². The predicted octanol–water partition coefficient (Wildman–Crippen LogP) is 2.10. The van der Waals surface area contributed by atoms with Crippen LogP contribution in [0.5, 0.6) is 0 Å². The van der Waals surface area contributed by atoms with Crippen molar-refractivity contribution in [2.45, 2.75) is 51.5 Å². The van der Waals surface area contributed by atoms with E-state index in [0.717, 1.165) is 19.3 Å². The molecular weight excluding hydrogens is 218 g/mol. The number of carboxylic acids is 1. The van der Waals surface area contributed by atoms with Gasteiger partial charge in [-0.2, -0.15) is 0 Å². The Morgan fingerprint density at radius 3 is 2.41 bits per heavy atom. The molecule has 4 heteroatoms. The topological polar surface area (TPSA) is 66.4 Å². The summed E-state index contributed by atoms with van der Waals surface area (Å²) < 4.78 is 0. The fourth-order valence-corrected chi connectivity index (χ4v) is 2.40. The number of aliphatic carboxylic acids is 1. The average Bonchev–Trinajstić information content (AvgIpc) is 2.30. The van der Waals surface area contributed by atoms with Gasteiger partial charge in [-0.25, -0.2) is 4.79 Å². The van der Waals surface area contributed by atoms with Gasteiger partial charge in [0.15, 0.2) is 0 Å². The molecule has 0 spiro atoms. The van der Waals surface area contributed by atoms with Crippen LogP contribution in [0.3, 0.4) is 0 Å². The molecule has 96 valence electrons. The molecule has 1 fully saturated rings.